The second-order valence-electron chi connectivity index (χ2n) is 9.69. The third-order valence-corrected chi connectivity index (χ3v) is 6.65. The Kier molecular flexibility index (Phi) is 6.10. The van der Waals surface area contributed by atoms with Crippen molar-refractivity contribution in [2.75, 3.05) is 19.8 Å². The van der Waals surface area contributed by atoms with Gasteiger partial charge in [0.15, 0.2) is 5.79 Å². The first kappa shape index (κ1) is 21.3. The van der Waals surface area contributed by atoms with Crippen LogP contribution >= 0.6 is 15.9 Å². The summed E-state index contributed by atoms with van der Waals surface area (Å²) >= 11 is 3.49. The average molecular weight is 440 g/mol. The Morgan fingerprint density at radius 1 is 1.04 bits per heavy atom. The molecule has 2 N–H and O–H groups in total. The molecule has 27 heavy (non-hydrogen) atoms. The highest BCUT2D eigenvalue weighted by atomic mass is 79.9. The molecule has 1 saturated heterocycles. The molecule has 4 nitrogen and oxygen atoms in total. The van der Waals surface area contributed by atoms with Crippen molar-refractivity contribution in [1.29, 1.82) is 0 Å². The zero-order valence-electron chi connectivity index (χ0n) is 17.1. The molecule has 1 aromatic carbocycles. The molecule has 2 aliphatic rings. The van der Waals surface area contributed by atoms with Crippen molar-refractivity contribution < 1.29 is 14.6 Å². The van der Waals surface area contributed by atoms with Crippen LogP contribution in [0.1, 0.15) is 65.4 Å². The van der Waals surface area contributed by atoms with E-state index in [-0.39, 0.29) is 11.0 Å². The Hall–Kier alpha value is -0.460. The fourth-order valence-electron chi connectivity index (χ4n) is 3.95. The summed E-state index contributed by atoms with van der Waals surface area (Å²) in [7, 11) is 0. The molecule has 2 fully saturated rings. The third-order valence-electron chi connectivity index (χ3n) is 6.12. The predicted molar refractivity (Wildman–Crippen MR) is 112 cm³/mol. The van der Waals surface area contributed by atoms with Crippen LogP contribution in [0.15, 0.2) is 28.7 Å². The number of nitrogens with one attached hydrogen (secondary N) is 1. The quantitative estimate of drug-likeness (QED) is 0.695. The molecule has 0 amide bonds. The summed E-state index contributed by atoms with van der Waals surface area (Å²) in [6, 6.07) is 8.40. The van der Waals surface area contributed by atoms with Crippen molar-refractivity contribution in [2.45, 2.75) is 76.7 Å². The first-order valence-electron chi connectivity index (χ1n) is 10.0. The molecular weight excluding hydrogens is 406 g/mol. The van der Waals surface area contributed by atoms with Crippen LogP contribution in [0.2, 0.25) is 0 Å². The summed E-state index contributed by atoms with van der Waals surface area (Å²) in [6.45, 7) is 10.9. The lowest BCUT2D eigenvalue weighted by atomic mass is 9.78. The van der Waals surface area contributed by atoms with Gasteiger partial charge in [0.2, 0.25) is 0 Å². The monoisotopic (exact) mass is 439 g/mol. The van der Waals surface area contributed by atoms with E-state index >= 15 is 0 Å². The highest BCUT2D eigenvalue weighted by molar-refractivity contribution is 9.10. The lowest BCUT2D eigenvalue weighted by molar-refractivity contribution is -0.319. The van der Waals surface area contributed by atoms with Crippen LogP contribution in [0, 0.1) is 5.41 Å². The van der Waals surface area contributed by atoms with E-state index in [1.807, 2.05) is 0 Å². The van der Waals surface area contributed by atoms with Crippen LogP contribution in [0.4, 0.5) is 0 Å². The second kappa shape index (κ2) is 7.75. The molecule has 0 bridgehead atoms. The molecule has 1 aliphatic carbocycles. The smallest absolute Gasteiger partial charge is 0.168 e. The summed E-state index contributed by atoms with van der Waals surface area (Å²) in [5.74, 6) is -0.466. The number of hydrogen-bond acceptors (Lipinski definition) is 4. The number of ether oxygens (including phenoxy) is 2. The standard InChI is InChI=1S/C22H34BrNO3/c1-19(2)15-26-22(27-16-19)11-9-21(25,10-12-22)13-14-24-20(3,4)17-5-7-18(23)8-6-17/h5-8,24-25H,9-16H2,1-4H3. The number of halogens is 1. The number of rotatable bonds is 5. The summed E-state index contributed by atoms with van der Waals surface area (Å²) < 4.78 is 13.3. The summed E-state index contributed by atoms with van der Waals surface area (Å²) in [4.78, 5) is 0. The van der Waals surface area contributed by atoms with E-state index in [2.05, 4.69) is 73.2 Å². The van der Waals surface area contributed by atoms with Gasteiger partial charge in [-0.05, 0) is 57.4 Å². The molecule has 152 valence electrons. The molecule has 3 rings (SSSR count). The van der Waals surface area contributed by atoms with Crippen molar-refractivity contribution in [3.8, 4) is 0 Å². The molecule has 1 aliphatic heterocycles. The highest BCUT2D eigenvalue weighted by Crippen LogP contribution is 2.43. The van der Waals surface area contributed by atoms with Gasteiger partial charge in [-0.2, -0.15) is 0 Å². The Morgan fingerprint density at radius 2 is 1.59 bits per heavy atom. The van der Waals surface area contributed by atoms with Gasteiger partial charge in [-0.25, -0.2) is 0 Å². The van der Waals surface area contributed by atoms with Gasteiger partial charge in [-0.15, -0.1) is 0 Å². The van der Waals surface area contributed by atoms with Gasteiger partial charge in [0.05, 0.1) is 18.8 Å². The van der Waals surface area contributed by atoms with E-state index in [4.69, 9.17) is 9.47 Å². The Morgan fingerprint density at radius 3 is 2.15 bits per heavy atom. The van der Waals surface area contributed by atoms with Gasteiger partial charge in [-0.1, -0.05) is 41.9 Å². The van der Waals surface area contributed by atoms with Gasteiger partial charge in [0.25, 0.3) is 0 Å². The van der Waals surface area contributed by atoms with Gasteiger partial charge in [0, 0.05) is 28.3 Å². The molecule has 1 heterocycles. The van der Waals surface area contributed by atoms with E-state index in [9.17, 15) is 5.11 Å². The number of aliphatic hydroxyl groups is 1. The largest absolute Gasteiger partial charge is 0.390 e. The zero-order chi connectivity index (χ0) is 19.8. The SMILES string of the molecule is CC1(C)COC2(CCC(O)(CCNC(C)(C)c3ccc(Br)cc3)CC2)OC1. The normalized spacial score (nSPS) is 24.1. The molecule has 5 heteroatoms. The Bertz CT molecular complexity index is 621. The van der Waals surface area contributed by atoms with Crippen molar-refractivity contribution >= 4 is 15.9 Å². The number of benzene rings is 1. The van der Waals surface area contributed by atoms with Crippen LogP contribution in [-0.2, 0) is 15.0 Å². The van der Waals surface area contributed by atoms with Gasteiger partial charge >= 0.3 is 0 Å². The minimum Gasteiger partial charge on any atom is -0.390 e. The van der Waals surface area contributed by atoms with E-state index in [0.29, 0.717) is 0 Å². The van der Waals surface area contributed by atoms with Crippen LogP contribution < -0.4 is 5.32 Å². The molecule has 0 aromatic heterocycles. The number of hydrogen-bond donors (Lipinski definition) is 2. The van der Waals surface area contributed by atoms with Gasteiger partial charge in [-0.3, -0.25) is 0 Å². The summed E-state index contributed by atoms with van der Waals surface area (Å²) in [5.41, 5.74) is 0.565. The third kappa shape index (κ3) is 5.33. The fraction of sp³-hybridized carbons (Fsp3) is 0.727. The average Bonchev–Trinajstić information content (AvgIpc) is 2.61. The van der Waals surface area contributed by atoms with Crippen LogP contribution in [0.25, 0.3) is 0 Å². The first-order chi connectivity index (χ1) is 12.5. The topological polar surface area (TPSA) is 50.7 Å². The Balaban J connectivity index is 1.48. The maximum atomic E-state index is 11.0. The van der Waals surface area contributed by atoms with Crippen molar-refractivity contribution in [3.63, 3.8) is 0 Å². The molecule has 1 spiro atoms. The van der Waals surface area contributed by atoms with Gasteiger partial charge < -0.3 is 19.9 Å². The highest BCUT2D eigenvalue weighted by Gasteiger charge is 2.47. The van der Waals surface area contributed by atoms with Gasteiger partial charge in [0.1, 0.15) is 0 Å². The maximum absolute atomic E-state index is 11.0. The van der Waals surface area contributed by atoms with E-state index in [1.54, 1.807) is 0 Å². The zero-order valence-corrected chi connectivity index (χ0v) is 18.7. The van der Waals surface area contributed by atoms with Crippen molar-refractivity contribution in [3.05, 3.63) is 34.3 Å². The lowest BCUT2D eigenvalue weighted by Crippen LogP contribution is -2.53. The molecule has 0 unspecified atom stereocenters. The summed E-state index contributed by atoms with van der Waals surface area (Å²) in [6.07, 6.45) is 3.75. The predicted octanol–water partition coefficient (Wildman–Crippen LogP) is 4.74. The van der Waals surface area contributed by atoms with Crippen LogP contribution in [-0.4, -0.2) is 36.3 Å². The second-order valence-corrected chi connectivity index (χ2v) is 10.6. The molecule has 1 aromatic rings. The Labute approximate surface area is 172 Å². The van der Waals surface area contributed by atoms with Crippen molar-refractivity contribution in [1.82, 2.24) is 5.32 Å². The van der Waals surface area contributed by atoms with Crippen molar-refractivity contribution in [2.24, 2.45) is 5.41 Å². The van der Waals surface area contributed by atoms with Crippen LogP contribution in [0.5, 0.6) is 0 Å². The van der Waals surface area contributed by atoms with E-state index in [0.717, 1.165) is 56.3 Å². The first-order valence-corrected chi connectivity index (χ1v) is 10.8. The minimum atomic E-state index is -0.631. The van der Waals surface area contributed by atoms with E-state index in [1.165, 1.54) is 5.56 Å². The molecule has 0 radical (unpaired) electrons. The molecular formula is C22H34BrNO3. The molecule has 1 saturated carbocycles. The van der Waals surface area contributed by atoms with E-state index < -0.39 is 11.4 Å². The minimum absolute atomic E-state index is 0.0848. The maximum Gasteiger partial charge on any atom is 0.168 e. The molecule has 0 atom stereocenters. The van der Waals surface area contributed by atoms with Crippen LogP contribution in [0.3, 0.4) is 0 Å². The summed E-state index contributed by atoms with van der Waals surface area (Å²) in [5, 5.41) is 14.6. The lowest BCUT2D eigenvalue weighted by Gasteiger charge is -2.48. The fourth-order valence-corrected chi connectivity index (χ4v) is 4.21.